The molecule has 0 aliphatic heterocycles. The summed E-state index contributed by atoms with van der Waals surface area (Å²) in [5, 5.41) is 0. The zero-order chi connectivity index (χ0) is 11.1. The first-order valence-electron chi connectivity index (χ1n) is 4.65. The lowest BCUT2D eigenvalue weighted by atomic mass is 10.3. The number of hydrogen-bond acceptors (Lipinski definition) is 4. The molecule has 0 N–H and O–H groups in total. The molecule has 1 aromatic heterocycles. The van der Waals surface area contributed by atoms with Crippen LogP contribution in [0.25, 0.3) is 10.2 Å². The minimum atomic E-state index is -0.211. The van der Waals surface area contributed by atoms with E-state index in [1.807, 2.05) is 23.7 Å². The molecule has 0 spiro atoms. The lowest BCUT2D eigenvalue weighted by Gasteiger charge is -1.89. The monoisotopic (exact) mass is 223 g/mol. The highest BCUT2D eigenvalue weighted by atomic mass is 32.1. The summed E-state index contributed by atoms with van der Waals surface area (Å²) in [6, 6.07) is 8.13. The summed E-state index contributed by atoms with van der Waals surface area (Å²) in [6.07, 6.45) is 0. The smallest absolute Gasteiger partial charge is 0.302 e. The molecule has 4 heteroatoms. The maximum atomic E-state index is 9.82. The van der Waals surface area contributed by atoms with Crippen molar-refractivity contribution in [2.24, 2.45) is 0 Å². The summed E-state index contributed by atoms with van der Waals surface area (Å²) < 4.78 is 5.66. The second-order valence-electron chi connectivity index (χ2n) is 2.74. The summed E-state index contributed by atoms with van der Waals surface area (Å²) in [6.45, 7) is 3.65. The molecular weight excluding hydrogens is 210 g/mol. The molecule has 2 rings (SSSR count). The summed E-state index contributed by atoms with van der Waals surface area (Å²) in [4.78, 5) is 14.0. The average Bonchev–Trinajstić information content (AvgIpc) is 2.65. The van der Waals surface area contributed by atoms with Crippen LogP contribution < -0.4 is 0 Å². The van der Waals surface area contributed by atoms with Crippen LogP contribution in [0.3, 0.4) is 0 Å². The van der Waals surface area contributed by atoms with Crippen molar-refractivity contribution in [3.05, 3.63) is 29.8 Å². The molecule has 1 heterocycles. The lowest BCUT2D eigenvalue weighted by molar-refractivity contribution is -0.140. The highest BCUT2D eigenvalue weighted by Gasteiger charge is 1.89. The summed E-state index contributed by atoms with van der Waals surface area (Å²) in [5.74, 6) is -0.211. The summed E-state index contributed by atoms with van der Waals surface area (Å²) in [5.41, 5.74) is 2.97. The lowest BCUT2D eigenvalue weighted by Crippen LogP contribution is -1.95. The van der Waals surface area contributed by atoms with Gasteiger partial charge in [0.05, 0.1) is 22.3 Å². The van der Waals surface area contributed by atoms with E-state index in [0.717, 1.165) is 5.52 Å². The molecule has 0 bridgehead atoms. The third kappa shape index (κ3) is 4.08. The van der Waals surface area contributed by atoms with Gasteiger partial charge in [-0.2, -0.15) is 0 Å². The Labute approximate surface area is 92.7 Å². The number of benzene rings is 1. The highest BCUT2D eigenvalue weighted by molar-refractivity contribution is 7.16. The number of para-hydroxylation sites is 1. The van der Waals surface area contributed by atoms with Gasteiger partial charge in [0, 0.05) is 6.92 Å². The van der Waals surface area contributed by atoms with Crippen LogP contribution in [-0.2, 0) is 9.53 Å². The van der Waals surface area contributed by atoms with Crippen LogP contribution in [0.1, 0.15) is 13.8 Å². The molecule has 0 radical (unpaired) electrons. The number of hydrogen-bond donors (Lipinski definition) is 0. The van der Waals surface area contributed by atoms with E-state index in [4.69, 9.17) is 0 Å². The SMILES string of the molecule is CCOC(C)=O.c1ccc2scnc2c1. The molecule has 1 aromatic carbocycles. The summed E-state index contributed by atoms with van der Waals surface area (Å²) in [7, 11) is 0. The van der Waals surface area contributed by atoms with E-state index >= 15 is 0 Å². The molecule has 80 valence electrons. The Morgan fingerprint density at radius 2 is 2.20 bits per heavy atom. The van der Waals surface area contributed by atoms with Crippen LogP contribution in [0, 0.1) is 0 Å². The standard InChI is InChI=1S/C7H5NS.C4H8O2/c1-2-4-7-6(3-1)8-5-9-7;1-3-6-4(2)5/h1-5H;3H2,1-2H3. The van der Waals surface area contributed by atoms with Crippen LogP contribution in [0.4, 0.5) is 0 Å². The predicted octanol–water partition coefficient (Wildman–Crippen LogP) is 2.87. The fraction of sp³-hybridized carbons (Fsp3) is 0.273. The van der Waals surface area contributed by atoms with Crippen molar-refractivity contribution >= 4 is 27.5 Å². The Balaban J connectivity index is 0.000000167. The van der Waals surface area contributed by atoms with Crippen LogP contribution in [0.15, 0.2) is 29.8 Å². The van der Waals surface area contributed by atoms with Gasteiger partial charge in [-0.25, -0.2) is 4.98 Å². The molecule has 0 amide bonds. The molecule has 0 saturated carbocycles. The van der Waals surface area contributed by atoms with Crippen molar-refractivity contribution in [1.82, 2.24) is 4.98 Å². The number of esters is 1. The second-order valence-corrected chi connectivity index (χ2v) is 3.63. The minimum absolute atomic E-state index is 0.211. The Kier molecular flexibility index (Phi) is 4.77. The quantitative estimate of drug-likeness (QED) is 0.698. The van der Waals surface area contributed by atoms with Gasteiger partial charge in [-0.1, -0.05) is 12.1 Å². The van der Waals surface area contributed by atoms with Crippen molar-refractivity contribution in [2.75, 3.05) is 6.61 Å². The van der Waals surface area contributed by atoms with Crippen molar-refractivity contribution in [2.45, 2.75) is 13.8 Å². The van der Waals surface area contributed by atoms with Crippen LogP contribution >= 0.6 is 11.3 Å². The van der Waals surface area contributed by atoms with Gasteiger partial charge < -0.3 is 4.74 Å². The van der Waals surface area contributed by atoms with Gasteiger partial charge in [0.1, 0.15) is 0 Å². The number of rotatable bonds is 1. The molecule has 0 aliphatic carbocycles. The maximum Gasteiger partial charge on any atom is 0.302 e. The van der Waals surface area contributed by atoms with E-state index in [1.54, 1.807) is 18.3 Å². The minimum Gasteiger partial charge on any atom is -0.466 e. The molecule has 15 heavy (non-hydrogen) atoms. The molecule has 0 aliphatic rings. The molecule has 2 aromatic rings. The van der Waals surface area contributed by atoms with Gasteiger partial charge in [-0.05, 0) is 19.1 Å². The third-order valence-electron chi connectivity index (χ3n) is 1.58. The first kappa shape index (κ1) is 11.7. The van der Waals surface area contributed by atoms with Crippen LogP contribution in [0.2, 0.25) is 0 Å². The number of fused-ring (bicyclic) bond motifs is 1. The van der Waals surface area contributed by atoms with Crippen LogP contribution in [0.5, 0.6) is 0 Å². The normalized spacial score (nSPS) is 9.20. The first-order valence-corrected chi connectivity index (χ1v) is 5.53. The van der Waals surface area contributed by atoms with E-state index in [2.05, 4.69) is 15.8 Å². The first-order chi connectivity index (χ1) is 7.24. The molecule has 0 saturated heterocycles. The Morgan fingerprint density at radius 1 is 1.47 bits per heavy atom. The predicted molar refractivity (Wildman–Crippen MR) is 61.9 cm³/mol. The van der Waals surface area contributed by atoms with E-state index in [0.29, 0.717) is 6.61 Å². The number of ether oxygens (including phenoxy) is 1. The Bertz CT molecular complexity index is 395. The molecule has 0 unspecified atom stereocenters. The maximum absolute atomic E-state index is 9.82. The second kappa shape index (κ2) is 6.14. The van der Waals surface area contributed by atoms with E-state index in [9.17, 15) is 4.79 Å². The zero-order valence-corrected chi connectivity index (χ0v) is 9.58. The Hall–Kier alpha value is -1.42. The van der Waals surface area contributed by atoms with Crippen molar-refractivity contribution in [1.29, 1.82) is 0 Å². The number of nitrogens with zero attached hydrogens (tertiary/aromatic N) is 1. The fourth-order valence-electron chi connectivity index (χ4n) is 1.01. The third-order valence-corrected chi connectivity index (χ3v) is 2.39. The largest absolute Gasteiger partial charge is 0.466 e. The zero-order valence-electron chi connectivity index (χ0n) is 8.77. The van der Waals surface area contributed by atoms with Gasteiger partial charge in [0.2, 0.25) is 0 Å². The van der Waals surface area contributed by atoms with E-state index in [1.165, 1.54) is 11.6 Å². The van der Waals surface area contributed by atoms with Crippen molar-refractivity contribution in [3.63, 3.8) is 0 Å². The van der Waals surface area contributed by atoms with Gasteiger partial charge in [-0.15, -0.1) is 11.3 Å². The van der Waals surface area contributed by atoms with E-state index < -0.39 is 0 Å². The van der Waals surface area contributed by atoms with Crippen LogP contribution in [-0.4, -0.2) is 17.6 Å². The van der Waals surface area contributed by atoms with Gasteiger partial charge in [0.25, 0.3) is 0 Å². The number of carbonyl (C=O) groups is 1. The fourth-order valence-corrected chi connectivity index (χ4v) is 1.69. The average molecular weight is 223 g/mol. The van der Waals surface area contributed by atoms with E-state index in [-0.39, 0.29) is 5.97 Å². The highest BCUT2D eigenvalue weighted by Crippen LogP contribution is 2.15. The molecule has 0 atom stereocenters. The number of thiazole rings is 1. The molecule has 0 fully saturated rings. The van der Waals surface area contributed by atoms with Crippen molar-refractivity contribution in [3.8, 4) is 0 Å². The topological polar surface area (TPSA) is 39.2 Å². The molecular formula is C11H13NO2S. The van der Waals surface area contributed by atoms with Gasteiger partial charge in [-0.3, -0.25) is 4.79 Å². The number of carbonyl (C=O) groups excluding carboxylic acids is 1. The molecule has 3 nitrogen and oxygen atoms in total. The number of aromatic nitrogens is 1. The Morgan fingerprint density at radius 3 is 2.73 bits per heavy atom. The van der Waals surface area contributed by atoms with Gasteiger partial charge >= 0.3 is 5.97 Å². The summed E-state index contributed by atoms with van der Waals surface area (Å²) >= 11 is 1.68. The van der Waals surface area contributed by atoms with Gasteiger partial charge in [0.15, 0.2) is 0 Å². The van der Waals surface area contributed by atoms with Crippen molar-refractivity contribution < 1.29 is 9.53 Å².